The number of hydrogen-bond acceptors (Lipinski definition) is 4. The number of rotatable bonds is 7. The SMILES string of the molecule is CC1(C)Oc2ccc(Cl)cc2N(CCC(=O)NCCNc2cccc3ccccc23)C1=O. The predicted molar refractivity (Wildman–Crippen MR) is 129 cm³/mol. The van der Waals surface area contributed by atoms with Gasteiger partial charge in [0, 0.05) is 42.2 Å². The van der Waals surface area contributed by atoms with Gasteiger partial charge < -0.3 is 20.3 Å². The molecule has 0 saturated carbocycles. The van der Waals surface area contributed by atoms with E-state index in [0.29, 0.717) is 29.5 Å². The lowest BCUT2D eigenvalue weighted by atomic mass is 10.0. The van der Waals surface area contributed by atoms with Crippen molar-refractivity contribution < 1.29 is 14.3 Å². The number of hydrogen-bond donors (Lipinski definition) is 2. The molecule has 0 atom stereocenters. The molecule has 7 heteroatoms. The van der Waals surface area contributed by atoms with Crippen molar-refractivity contribution in [3.8, 4) is 5.75 Å². The number of carbonyl (C=O) groups excluding carboxylic acids is 2. The van der Waals surface area contributed by atoms with Crippen molar-refractivity contribution in [1.29, 1.82) is 0 Å². The van der Waals surface area contributed by atoms with Crippen LogP contribution < -0.4 is 20.3 Å². The van der Waals surface area contributed by atoms with Crippen molar-refractivity contribution in [3.05, 3.63) is 65.7 Å². The van der Waals surface area contributed by atoms with Gasteiger partial charge in [-0.25, -0.2) is 0 Å². The normalized spacial score (nSPS) is 14.6. The van der Waals surface area contributed by atoms with E-state index in [0.717, 1.165) is 11.1 Å². The highest BCUT2D eigenvalue weighted by molar-refractivity contribution is 6.31. The number of anilines is 2. The maximum Gasteiger partial charge on any atom is 0.270 e. The summed E-state index contributed by atoms with van der Waals surface area (Å²) >= 11 is 6.12. The Bertz CT molecular complexity index is 1160. The predicted octanol–water partition coefficient (Wildman–Crippen LogP) is 4.62. The maximum atomic E-state index is 12.9. The molecule has 0 saturated heterocycles. The van der Waals surface area contributed by atoms with Crippen LogP contribution in [0.5, 0.6) is 5.75 Å². The first-order valence-corrected chi connectivity index (χ1v) is 11.0. The molecule has 1 aliphatic heterocycles. The van der Waals surface area contributed by atoms with Crippen molar-refractivity contribution in [2.75, 3.05) is 29.9 Å². The lowest BCUT2D eigenvalue weighted by Gasteiger charge is -2.38. The minimum atomic E-state index is -1.00. The summed E-state index contributed by atoms with van der Waals surface area (Å²) in [6, 6.07) is 19.4. The van der Waals surface area contributed by atoms with Crippen LogP contribution in [0.2, 0.25) is 5.02 Å². The number of benzene rings is 3. The summed E-state index contributed by atoms with van der Waals surface area (Å²) in [4.78, 5) is 26.9. The number of nitrogens with zero attached hydrogens (tertiary/aromatic N) is 1. The summed E-state index contributed by atoms with van der Waals surface area (Å²) in [5.74, 6) is 0.266. The third-order valence-electron chi connectivity index (χ3n) is 5.45. The summed E-state index contributed by atoms with van der Waals surface area (Å²) in [5, 5.41) is 9.11. The fourth-order valence-corrected chi connectivity index (χ4v) is 4.01. The van der Waals surface area contributed by atoms with Crippen molar-refractivity contribution in [2.45, 2.75) is 25.9 Å². The van der Waals surface area contributed by atoms with Gasteiger partial charge >= 0.3 is 0 Å². The Morgan fingerprint density at radius 1 is 1.06 bits per heavy atom. The molecule has 0 unspecified atom stereocenters. The summed E-state index contributed by atoms with van der Waals surface area (Å²) in [7, 11) is 0. The van der Waals surface area contributed by atoms with E-state index in [9.17, 15) is 9.59 Å². The molecule has 0 aliphatic carbocycles. The van der Waals surface area contributed by atoms with Crippen LogP contribution >= 0.6 is 11.6 Å². The highest BCUT2D eigenvalue weighted by Gasteiger charge is 2.40. The minimum Gasteiger partial charge on any atom is -0.476 e. The van der Waals surface area contributed by atoms with Crippen LogP contribution in [0.1, 0.15) is 20.3 Å². The second-order valence-corrected chi connectivity index (χ2v) is 8.67. The molecule has 0 fully saturated rings. The third-order valence-corrected chi connectivity index (χ3v) is 5.69. The summed E-state index contributed by atoms with van der Waals surface area (Å²) in [6.45, 7) is 4.77. The lowest BCUT2D eigenvalue weighted by molar-refractivity contribution is -0.132. The van der Waals surface area contributed by atoms with Gasteiger partial charge in [0.15, 0.2) is 5.60 Å². The highest BCUT2D eigenvalue weighted by atomic mass is 35.5. The number of carbonyl (C=O) groups is 2. The molecule has 3 aromatic carbocycles. The first-order valence-electron chi connectivity index (χ1n) is 10.6. The highest BCUT2D eigenvalue weighted by Crippen LogP contribution is 2.39. The molecule has 3 aromatic rings. The molecule has 6 nitrogen and oxygen atoms in total. The molecule has 2 N–H and O–H groups in total. The molecule has 1 heterocycles. The molecule has 1 aliphatic rings. The van der Waals surface area contributed by atoms with E-state index < -0.39 is 5.60 Å². The zero-order valence-corrected chi connectivity index (χ0v) is 18.9. The molecule has 4 rings (SSSR count). The van der Waals surface area contributed by atoms with E-state index in [1.807, 2.05) is 24.3 Å². The Labute approximate surface area is 192 Å². The Morgan fingerprint density at radius 2 is 1.84 bits per heavy atom. The van der Waals surface area contributed by atoms with Gasteiger partial charge in [-0.3, -0.25) is 9.59 Å². The number of fused-ring (bicyclic) bond motifs is 2. The number of ether oxygens (including phenoxy) is 1. The fourth-order valence-electron chi connectivity index (χ4n) is 3.84. The van der Waals surface area contributed by atoms with Gasteiger partial charge in [-0.05, 0) is 43.5 Å². The molecule has 0 spiro atoms. The van der Waals surface area contributed by atoms with Crippen LogP contribution in [-0.2, 0) is 9.59 Å². The van der Waals surface area contributed by atoms with Gasteiger partial charge in [0.1, 0.15) is 5.75 Å². The summed E-state index contributed by atoms with van der Waals surface area (Å²) in [6.07, 6.45) is 0.183. The summed E-state index contributed by atoms with van der Waals surface area (Å²) in [5.41, 5.74) is 0.624. The van der Waals surface area contributed by atoms with Crippen molar-refractivity contribution in [2.24, 2.45) is 0 Å². The van der Waals surface area contributed by atoms with E-state index in [-0.39, 0.29) is 24.8 Å². The van der Waals surface area contributed by atoms with E-state index >= 15 is 0 Å². The van der Waals surface area contributed by atoms with Gasteiger partial charge in [-0.2, -0.15) is 0 Å². The molecular formula is C25H26ClN3O3. The van der Waals surface area contributed by atoms with E-state index in [1.165, 1.54) is 5.39 Å². The first kappa shape index (κ1) is 22.0. The topological polar surface area (TPSA) is 70.7 Å². The fraction of sp³-hybridized carbons (Fsp3) is 0.280. The quantitative estimate of drug-likeness (QED) is 0.514. The van der Waals surface area contributed by atoms with Crippen molar-refractivity contribution >= 4 is 45.6 Å². The van der Waals surface area contributed by atoms with Crippen LogP contribution in [0.3, 0.4) is 0 Å². The molecule has 32 heavy (non-hydrogen) atoms. The lowest BCUT2D eigenvalue weighted by Crippen LogP contribution is -2.53. The maximum absolute atomic E-state index is 12.9. The largest absolute Gasteiger partial charge is 0.476 e. The first-order chi connectivity index (χ1) is 15.3. The zero-order chi connectivity index (χ0) is 22.7. The number of halogens is 1. The standard InChI is InChI=1S/C25H26ClN3O3/c1-25(2)24(31)29(21-16-18(26)10-11-22(21)32-25)15-12-23(30)28-14-13-27-20-9-5-7-17-6-3-4-8-19(17)20/h3-11,16,27H,12-15H2,1-2H3,(H,28,30). The molecule has 0 aromatic heterocycles. The van der Waals surface area contributed by atoms with Gasteiger partial charge in [0.2, 0.25) is 5.91 Å². The molecule has 0 bridgehead atoms. The van der Waals surface area contributed by atoms with Gasteiger partial charge in [0.05, 0.1) is 5.69 Å². The van der Waals surface area contributed by atoms with E-state index in [2.05, 4.69) is 28.8 Å². The monoisotopic (exact) mass is 451 g/mol. The average Bonchev–Trinajstić information content (AvgIpc) is 2.77. The van der Waals surface area contributed by atoms with Crippen LogP contribution in [-0.4, -0.2) is 37.0 Å². The molecular weight excluding hydrogens is 426 g/mol. The van der Waals surface area contributed by atoms with Gasteiger partial charge in [-0.1, -0.05) is 48.0 Å². The second kappa shape index (κ2) is 9.09. The molecule has 2 amide bonds. The van der Waals surface area contributed by atoms with Crippen molar-refractivity contribution in [3.63, 3.8) is 0 Å². The molecule has 166 valence electrons. The van der Waals surface area contributed by atoms with Crippen LogP contribution in [0, 0.1) is 0 Å². The Balaban J connectivity index is 1.31. The number of nitrogens with one attached hydrogen (secondary N) is 2. The van der Waals surface area contributed by atoms with E-state index in [1.54, 1.807) is 36.9 Å². The van der Waals surface area contributed by atoms with Crippen LogP contribution in [0.4, 0.5) is 11.4 Å². The third kappa shape index (κ3) is 4.65. The number of amides is 2. The van der Waals surface area contributed by atoms with Crippen molar-refractivity contribution in [1.82, 2.24) is 5.32 Å². The Morgan fingerprint density at radius 3 is 2.69 bits per heavy atom. The van der Waals surface area contributed by atoms with Gasteiger partial charge in [0.25, 0.3) is 5.91 Å². The molecule has 0 radical (unpaired) electrons. The second-order valence-electron chi connectivity index (χ2n) is 8.23. The van der Waals surface area contributed by atoms with Crippen LogP contribution in [0.15, 0.2) is 60.7 Å². The Hall–Kier alpha value is -3.25. The zero-order valence-electron chi connectivity index (χ0n) is 18.2. The van der Waals surface area contributed by atoms with Gasteiger partial charge in [-0.15, -0.1) is 0 Å². The smallest absolute Gasteiger partial charge is 0.270 e. The van der Waals surface area contributed by atoms with E-state index in [4.69, 9.17) is 16.3 Å². The minimum absolute atomic E-state index is 0.120. The average molecular weight is 452 g/mol. The summed E-state index contributed by atoms with van der Waals surface area (Å²) < 4.78 is 5.82. The van der Waals surface area contributed by atoms with Crippen LogP contribution in [0.25, 0.3) is 10.8 Å². The Kier molecular flexibility index (Phi) is 6.24.